The third-order valence-electron chi connectivity index (χ3n) is 2.84. The van der Waals surface area contributed by atoms with Gasteiger partial charge in [0.2, 0.25) is 11.9 Å². The Morgan fingerprint density at radius 2 is 2.06 bits per heavy atom. The van der Waals surface area contributed by atoms with Crippen LogP contribution >= 0.6 is 0 Å². The Bertz CT molecular complexity index is 391. The van der Waals surface area contributed by atoms with E-state index in [1.165, 1.54) is 20.0 Å². The fraction of sp³-hybridized carbons (Fsp3) is 0.727. The molecule has 94 valence electrons. The van der Waals surface area contributed by atoms with Crippen molar-refractivity contribution < 1.29 is 4.74 Å². The van der Waals surface area contributed by atoms with Crippen molar-refractivity contribution in [3.8, 4) is 6.01 Å². The molecule has 2 N–H and O–H groups in total. The highest BCUT2D eigenvalue weighted by molar-refractivity contribution is 5.37. The molecule has 6 nitrogen and oxygen atoms in total. The molecule has 0 amide bonds. The molecule has 0 unspecified atom stereocenters. The molecule has 0 saturated heterocycles. The van der Waals surface area contributed by atoms with Crippen molar-refractivity contribution in [2.75, 3.05) is 24.3 Å². The molecular formula is C11H19N5O. The van der Waals surface area contributed by atoms with Crippen LogP contribution in [0.4, 0.5) is 11.9 Å². The minimum absolute atomic E-state index is 0.202. The van der Waals surface area contributed by atoms with Gasteiger partial charge in [-0.25, -0.2) is 0 Å². The summed E-state index contributed by atoms with van der Waals surface area (Å²) in [6.07, 6.45) is 2.59. The van der Waals surface area contributed by atoms with Crippen molar-refractivity contribution in [1.82, 2.24) is 15.0 Å². The van der Waals surface area contributed by atoms with Gasteiger partial charge in [-0.3, -0.25) is 0 Å². The Labute approximate surface area is 101 Å². The number of anilines is 2. The van der Waals surface area contributed by atoms with Crippen LogP contribution in [0.1, 0.15) is 26.7 Å². The Morgan fingerprint density at radius 1 is 1.35 bits per heavy atom. The first-order valence-electron chi connectivity index (χ1n) is 5.92. The summed E-state index contributed by atoms with van der Waals surface area (Å²) in [7, 11) is 1.53. The van der Waals surface area contributed by atoms with Crippen molar-refractivity contribution in [2.24, 2.45) is 5.92 Å². The van der Waals surface area contributed by atoms with E-state index >= 15 is 0 Å². The lowest BCUT2D eigenvalue weighted by molar-refractivity contribution is 0.378. The van der Waals surface area contributed by atoms with Crippen LogP contribution in [-0.2, 0) is 0 Å². The molecule has 1 aliphatic rings. The molecule has 17 heavy (non-hydrogen) atoms. The normalized spacial score (nSPS) is 15.1. The minimum Gasteiger partial charge on any atom is -0.467 e. The third-order valence-corrected chi connectivity index (χ3v) is 2.84. The Balaban J connectivity index is 2.23. The molecule has 6 heteroatoms. The van der Waals surface area contributed by atoms with E-state index in [-0.39, 0.29) is 12.0 Å². The zero-order valence-electron chi connectivity index (χ0n) is 10.6. The molecule has 2 rings (SSSR count). The van der Waals surface area contributed by atoms with Gasteiger partial charge < -0.3 is 15.4 Å². The molecule has 1 aliphatic carbocycles. The van der Waals surface area contributed by atoms with E-state index in [1.807, 2.05) is 0 Å². The van der Waals surface area contributed by atoms with Crippen LogP contribution in [0.15, 0.2) is 0 Å². The van der Waals surface area contributed by atoms with Gasteiger partial charge in [-0.1, -0.05) is 0 Å². The van der Waals surface area contributed by atoms with Gasteiger partial charge >= 0.3 is 6.01 Å². The van der Waals surface area contributed by atoms with Crippen molar-refractivity contribution in [1.29, 1.82) is 0 Å². The zero-order valence-corrected chi connectivity index (χ0v) is 10.6. The summed E-state index contributed by atoms with van der Waals surface area (Å²) in [5, 5.41) is 0. The summed E-state index contributed by atoms with van der Waals surface area (Å²) in [6.45, 7) is 5.22. The first kappa shape index (κ1) is 11.9. The predicted molar refractivity (Wildman–Crippen MR) is 66.0 cm³/mol. The average Bonchev–Trinajstić information content (AvgIpc) is 3.08. The van der Waals surface area contributed by atoms with Crippen LogP contribution in [0.5, 0.6) is 6.01 Å². The molecule has 1 aromatic rings. The number of methoxy groups -OCH3 is 1. The smallest absolute Gasteiger partial charge is 0.322 e. The van der Waals surface area contributed by atoms with Gasteiger partial charge in [0.1, 0.15) is 0 Å². The summed E-state index contributed by atoms with van der Waals surface area (Å²) >= 11 is 0. The highest BCUT2D eigenvalue weighted by Gasteiger charge is 2.27. The molecule has 1 fully saturated rings. The molecule has 1 aromatic heterocycles. The van der Waals surface area contributed by atoms with Gasteiger partial charge in [0.25, 0.3) is 0 Å². The van der Waals surface area contributed by atoms with E-state index in [0.717, 1.165) is 12.5 Å². The number of ether oxygens (including phenoxy) is 1. The van der Waals surface area contributed by atoms with Crippen molar-refractivity contribution in [2.45, 2.75) is 32.7 Å². The molecule has 0 aliphatic heterocycles. The van der Waals surface area contributed by atoms with Crippen LogP contribution in [0.2, 0.25) is 0 Å². The number of nitrogen functional groups attached to an aromatic ring is 1. The summed E-state index contributed by atoms with van der Waals surface area (Å²) in [6, 6.07) is 0.607. The second-order valence-corrected chi connectivity index (χ2v) is 4.67. The maximum atomic E-state index is 5.65. The van der Waals surface area contributed by atoms with E-state index in [4.69, 9.17) is 10.5 Å². The Morgan fingerprint density at radius 3 is 2.59 bits per heavy atom. The van der Waals surface area contributed by atoms with Crippen LogP contribution in [-0.4, -0.2) is 34.6 Å². The highest BCUT2D eigenvalue weighted by Crippen LogP contribution is 2.31. The number of nitrogens with two attached hydrogens (primary N) is 1. The van der Waals surface area contributed by atoms with Crippen molar-refractivity contribution in [3.63, 3.8) is 0 Å². The summed E-state index contributed by atoms with van der Waals surface area (Å²) < 4.78 is 5.02. The van der Waals surface area contributed by atoms with Gasteiger partial charge in [0.15, 0.2) is 0 Å². The molecule has 1 heterocycles. The average molecular weight is 237 g/mol. The molecule has 1 saturated carbocycles. The lowest BCUT2D eigenvalue weighted by atomic mass is 10.3. The minimum atomic E-state index is 0.202. The number of aromatic nitrogens is 3. The number of hydrogen-bond acceptors (Lipinski definition) is 6. The van der Waals surface area contributed by atoms with Gasteiger partial charge in [-0.2, -0.15) is 15.0 Å². The molecular weight excluding hydrogens is 218 g/mol. The molecule has 0 bridgehead atoms. The van der Waals surface area contributed by atoms with E-state index in [1.54, 1.807) is 0 Å². The first-order valence-corrected chi connectivity index (χ1v) is 5.92. The fourth-order valence-corrected chi connectivity index (χ4v) is 1.68. The van der Waals surface area contributed by atoms with Crippen LogP contribution in [0, 0.1) is 5.92 Å². The third kappa shape index (κ3) is 2.95. The topological polar surface area (TPSA) is 77.2 Å². The van der Waals surface area contributed by atoms with Crippen molar-refractivity contribution in [3.05, 3.63) is 0 Å². The van der Waals surface area contributed by atoms with Gasteiger partial charge in [-0.15, -0.1) is 0 Å². The number of hydrogen-bond donors (Lipinski definition) is 1. The number of nitrogens with zero attached hydrogens (tertiary/aromatic N) is 4. The molecule has 0 aromatic carbocycles. The zero-order chi connectivity index (χ0) is 12.4. The summed E-state index contributed by atoms with van der Waals surface area (Å²) in [5.41, 5.74) is 5.65. The lowest BCUT2D eigenvalue weighted by Crippen LogP contribution is -2.34. The maximum Gasteiger partial charge on any atom is 0.322 e. The predicted octanol–water partition coefficient (Wildman–Crippen LogP) is 1.09. The van der Waals surface area contributed by atoms with Crippen LogP contribution < -0.4 is 15.4 Å². The van der Waals surface area contributed by atoms with Crippen LogP contribution in [0.25, 0.3) is 0 Å². The molecule has 0 atom stereocenters. The maximum absolute atomic E-state index is 5.65. The van der Waals surface area contributed by atoms with E-state index < -0.39 is 0 Å². The Hall–Kier alpha value is -1.59. The van der Waals surface area contributed by atoms with Gasteiger partial charge in [0, 0.05) is 12.6 Å². The largest absolute Gasteiger partial charge is 0.467 e. The summed E-state index contributed by atoms with van der Waals surface area (Å²) in [5.74, 6) is 1.57. The van der Waals surface area contributed by atoms with E-state index in [2.05, 4.69) is 33.7 Å². The first-order chi connectivity index (χ1) is 8.10. The van der Waals surface area contributed by atoms with Gasteiger partial charge in [-0.05, 0) is 32.6 Å². The van der Waals surface area contributed by atoms with Gasteiger partial charge in [0.05, 0.1) is 7.11 Å². The Kier molecular flexibility index (Phi) is 3.31. The van der Waals surface area contributed by atoms with E-state index in [0.29, 0.717) is 12.0 Å². The second kappa shape index (κ2) is 4.73. The quantitative estimate of drug-likeness (QED) is 0.826. The van der Waals surface area contributed by atoms with E-state index in [9.17, 15) is 0 Å². The second-order valence-electron chi connectivity index (χ2n) is 4.67. The van der Waals surface area contributed by atoms with Crippen LogP contribution in [0.3, 0.4) is 0 Å². The standard InChI is InChI=1S/C11H19N5O/c1-7(2)16(6-8-4-5-8)10-13-9(12)14-11(15-10)17-3/h7-8H,4-6H2,1-3H3,(H2,12,13,14,15). The molecule has 0 radical (unpaired) electrons. The molecule has 0 spiro atoms. The fourth-order valence-electron chi connectivity index (χ4n) is 1.68. The van der Waals surface area contributed by atoms with Crippen molar-refractivity contribution >= 4 is 11.9 Å². The summed E-state index contributed by atoms with van der Waals surface area (Å²) in [4.78, 5) is 14.5. The highest BCUT2D eigenvalue weighted by atomic mass is 16.5. The number of rotatable bonds is 5. The lowest BCUT2D eigenvalue weighted by Gasteiger charge is -2.26. The SMILES string of the molecule is COc1nc(N)nc(N(CC2CC2)C(C)C)n1. The monoisotopic (exact) mass is 237 g/mol.